The van der Waals surface area contributed by atoms with Gasteiger partial charge in [-0.25, -0.2) is 9.78 Å². The van der Waals surface area contributed by atoms with Crippen LogP contribution in [0.5, 0.6) is 5.75 Å². The number of nitrogens with one attached hydrogen (secondary N) is 3. The van der Waals surface area contributed by atoms with E-state index in [1.807, 2.05) is 12.1 Å². The topological polar surface area (TPSA) is 126 Å². The first-order chi connectivity index (χ1) is 13.0. The lowest BCUT2D eigenvalue weighted by atomic mass is 10.1. The van der Waals surface area contributed by atoms with Crippen molar-refractivity contribution in [2.75, 3.05) is 12.4 Å². The van der Waals surface area contributed by atoms with Gasteiger partial charge in [-0.3, -0.25) is 19.6 Å². The number of pyridine rings is 1. The molecule has 0 radical (unpaired) electrons. The highest BCUT2D eigenvalue weighted by Gasteiger charge is 2.14. The van der Waals surface area contributed by atoms with Crippen molar-refractivity contribution in [1.29, 1.82) is 0 Å². The van der Waals surface area contributed by atoms with E-state index in [9.17, 15) is 14.4 Å². The second kappa shape index (κ2) is 7.73. The van der Waals surface area contributed by atoms with Gasteiger partial charge in [0.1, 0.15) is 18.0 Å². The number of esters is 1. The van der Waals surface area contributed by atoms with Gasteiger partial charge in [-0.05, 0) is 29.8 Å². The molecule has 9 nitrogen and oxygen atoms in total. The Balaban J connectivity index is 2.00. The van der Waals surface area contributed by atoms with E-state index in [4.69, 9.17) is 9.47 Å². The van der Waals surface area contributed by atoms with Crippen LogP contribution in [0.1, 0.15) is 18.1 Å². The Kier molecular flexibility index (Phi) is 5.20. The zero-order valence-electron chi connectivity index (χ0n) is 14.8. The van der Waals surface area contributed by atoms with Gasteiger partial charge in [0.2, 0.25) is 0 Å². The Hall–Kier alpha value is -3.62. The molecule has 0 spiro atoms. The van der Waals surface area contributed by atoms with Gasteiger partial charge in [0, 0.05) is 30.9 Å². The largest absolute Gasteiger partial charge is 0.497 e. The second-order valence-corrected chi connectivity index (χ2v) is 5.76. The van der Waals surface area contributed by atoms with Crippen molar-refractivity contribution >= 4 is 22.7 Å². The second-order valence-electron chi connectivity index (χ2n) is 5.76. The predicted octanol–water partition coefficient (Wildman–Crippen LogP) is 1.30. The van der Waals surface area contributed by atoms with Crippen LogP contribution in [0.3, 0.4) is 0 Å². The summed E-state index contributed by atoms with van der Waals surface area (Å²) in [6.45, 7) is 1.53. The summed E-state index contributed by atoms with van der Waals surface area (Å²) < 4.78 is 10.2. The van der Waals surface area contributed by atoms with Crippen molar-refractivity contribution in [3.8, 4) is 5.75 Å². The van der Waals surface area contributed by atoms with E-state index in [1.165, 1.54) is 13.1 Å². The van der Waals surface area contributed by atoms with Crippen LogP contribution in [0.4, 0.5) is 5.69 Å². The third-order valence-electron chi connectivity index (χ3n) is 3.95. The average molecular weight is 370 g/mol. The van der Waals surface area contributed by atoms with Crippen LogP contribution >= 0.6 is 0 Å². The number of hydrogen-bond acceptors (Lipinski definition) is 7. The molecule has 0 aliphatic rings. The van der Waals surface area contributed by atoms with Crippen molar-refractivity contribution in [2.24, 2.45) is 0 Å². The van der Waals surface area contributed by atoms with Crippen molar-refractivity contribution < 1.29 is 14.3 Å². The Labute approximate surface area is 153 Å². The molecule has 140 valence electrons. The van der Waals surface area contributed by atoms with Crippen LogP contribution in [0.25, 0.3) is 11.0 Å². The van der Waals surface area contributed by atoms with Crippen LogP contribution in [-0.4, -0.2) is 28.0 Å². The quantitative estimate of drug-likeness (QED) is 0.558. The third-order valence-corrected chi connectivity index (χ3v) is 3.95. The Morgan fingerprint density at radius 3 is 2.59 bits per heavy atom. The molecule has 2 heterocycles. The van der Waals surface area contributed by atoms with Crippen LogP contribution in [0.15, 0.2) is 40.1 Å². The van der Waals surface area contributed by atoms with Gasteiger partial charge in [-0.2, -0.15) is 0 Å². The molecule has 0 fully saturated rings. The molecular weight excluding hydrogens is 352 g/mol. The van der Waals surface area contributed by atoms with Crippen LogP contribution in [-0.2, 0) is 22.7 Å². The maximum Gasteiger partial charge on any atom is 0.327 e. The molecule has 0 aliphatic carbocycles. The number of aromatic nitrogens is 3. The molecule has 0 saturated carbocycles. The molecule has 1 aromatic carbocycles. The first kappa shape index (κ1) is 18.2. The summed E-state index contributed by atoms with van der Waals surface area (Å²) in [5.41, 5.74) is 0.923. The summed E-state index contributed by atoms with van der Waals surface area (Å²) in [6.07, 6.45) is 1.48. The number of methoxy groups -OCH3 is 1. The van der Waals surface area contributed by atoms with Gasteiger partial charge >= 0.3 is 11.7 Å². The average Bonchev–Trinajstić information content (AvgIpc) is 2.65. The van der Waals surface area contributed by atoms with E-state index in [1.54, 1.807) is 19.2 Å². The summed E-state index contributed by atoms with van der Waals surface area (Å²) in [4.78, 5) is 43.8. The normalized spacial score (nSPS) is 10.6. The number of H-pyrrole nitrogens is 2. The number of carbonyl (C=O) groups is 1. The fourth-order valence-corrected chi connectivity index (χ4v) is 2.64. The molecule has 0 amide bonds. The third kappa shape index (κ3) is 4.14. The Morgan fingerprint density at radius 1 is 1.19 bits per heavy atom. The lowest BCUT2D eigenvalue weighted by Gasteiger charge is -2.13. The lowest BCUT2D eigenvalue weighted by molar-refractivity contribution is -0.142. The van der Waals surface area contributed by atoms with Crippen LogP contribution < -0.4 is 21.3 Å². The van der Waals surface area contributed by atoms with Crippen molar-refractivity contribution in [3.05, 3.63) is 62.4 Å². The minimum absolute atomic E-state index is 0.0313. The maximum absolute atomic E-state index is 12.3. The molecule has 0 aliphatic heterocycles. The van der Waals surface area contributed by atoms with Crippen molar-refractivity contribution in [2.45, 2.75) is 20.1 Å². The van der Waals surface area contributed by atoms with Gasteiger partial charge in [-0.15, -0.1) is 0 Å². The first-order valence-electron chi connectivity index (χ1n) is 8.12. The van der Waals surface area contributed by atoms with E-state index in [0.717, 1.165) is 11.4 Å². The Bertz CT molecular complexity index is 1090. The summed E-state index contributed by atoms with van der Waals surface area (Å²) in [5, 5.41) is 3.44. The minimum atomic E-state index is -0.637. The number of aromatic amines is 2. The molecule has 27 heavy (non-hydrogen) atoms. The van der Waals surface area contributed by atoms with E-state index in [-0.39, 0.29) is 24.2 Å². The smallest absolute Gasteiger partial charge is 0.327 e. The SMILES string of the molecule is COc1ccc(NCc2c(COC(C)=O)cnc3[nH]c(=O)[nH]c(=O)c23)cc1. The maximum atomic E-state index is 12.3. The summed E-state index contributed by atoms with van der Waals surface area (Å²) in [7, 11) is 1.58. The number of anilines is 1. The Morgan fingerprint density at radius 2 is 1.93 bits per heavy atom. The van der Waals surface area contributed by atoms with Gasteiger partial charge in [0.15, 0.2) is 0 Å². The number of fused-ring (bicyclic) bond motifs is 1. The van der Waals surface area contributed by atoms with Gasteiger partial charge in [0.05, 0.1) is 12.5 Å². The predicted molar refractivity (Wildman–Crippen MR) is 98.8 cm³/mol. The molecule has 0 saturated heterocycles. The van der Waals surface area contributed by atoms with Gasteiger partial charge < -0.3 is 14.8 Å². The summed E-state index contributed by atoms with van der Waals surface area (Å²) >= 11 is 0. The summed E-state index contributed by atoms with van der Waals surface area (Å²) in [6, 6.07) is 7.27. The van der Waals surface area contributed by atoms with E-state index in [0.29, 0.717) is 11.1 Å². The van der Waals surface area contributed by atoms with Gasteiger partial charge in [0.25, 0.3) is 5.56 Å². The highest BCUT2D eigenvalue weighted by atomic mass is 16.5. The molecule has 3 aromatic rings. The summed E-state index contributed by atoms with van der Waals surface area (Å²) in [5.74, 6) is 0.277. The monoisotopic (exact) mass is 370 g/mol. The standard InChI is InChI=1S/C18H18N4O5/c1-10(23)27-9-11-7-20-16-15(17(24)22-18(25)21-16)14(11)8-19-12-3-5-13(26-2)6-4-12/h3-7,19H,8-9H2,1-2H3,(H2,20,21,22,24,25). The van der Waals surface area contributed by atoms with Crippen LogP contribution in [0.2, 0.25) is 0 Å². The number of carbonyl (C=O) groups excluding carboxylic acids is 1. The zero-order chi connectivity index (χ0) is 19.4. The number of nitrogens with zero attached hydrogens (tertiary/aromatic N) is 1. The fraction of sp³-hybridized carbons (Fsp3) is 0.222. The number of rotatable bonds is 6. The number of hydrogen-bond donors (Lipinski definition) is 3. The molecule has 3 rings (SSSR count). The van der Waals surface area contributed by atoms with Crippen molar-refractivity contribution in [3.63, 3.8) is 0 Å². The molecule has 0 bridgehead atoms. The molecule has 0 unspecified atom stereocenters. The highest BCUT2D eigenvalue weighted by Crippen LogP contribution is 2.20. The van der Waals surface area contributed by atoms with Gasteiger partial charge in [-0.1, -0.05) is 0 Å². The minimum Gasteiger partial charge on any atom is -0.497 e. The van der Waals surface area contributed by atoms with Crippen LogP contribution in [0, 0.1) is 0 Å². The van der Waals surface area contributed by atoms with E-state index < -0.39 is 17.2 Å². The molecule has 0 atom stereocenters. The van der Waals surface area contributed by atoms with E-state index in [2.05, 4.69) is 20.3 Å². The van der Waals surface area contributed by atoms with E-state index >= 15 is 0 Å². The first-order valence-corrected chi connectivity index (χ1v) is 8.12. The van der Waals surface area contributed by atoms with Crippen molar-refractivity contribution in [1.82, 2.24) is 15.0 Å². The molecule has 9 heteroatoms. The highest BCUT2D eigenvalue weighted by molar-refractivity contribution is 5.79. The molecular formula is C18H18N4O5. The molecule has 2 aromatic heterocycles. The zero-order valence-corrected chi connectivity index (χ0v) is 14.8. The molecule has 3 N–H and O–H groups in total. The number of benzene rings is 1. The number of ether oxygens (including phenoxy) is 2. The fourth-order valence-electron chi connectivity index (χ4n) is 2.64. The lowest BCUT2D eigenvalue weighted by Crippen LogP contribution is -2.24.